The van der Waals surface area contributed by atoms with E-state index in [4.69, 9.17) is 0 Å². The number of carbonyl (C=O) groups is 1. The zero-order valence-electron chi connectivity index (χ0n) is 11.1. The summed E-state index contributed by atoms with van der Waals surface area (Å²) in [6.45, 7) is 9.48. The third-order valence-corrected chi connectivity index (χ3v) is 3.32. The first kappa shape index (κ1) is 16.0. The molecule has 0 unspecified atom stereocenters. The molecule has 0 saturated carbocycles. The SMILES string of the molecule is CCC(CC)N(CCBr)C(=O)CCC(C)C. The fraction of sp³-hybridized carbons (Fsp3) is 0.923. The lowest BCUT2D eigenvalue weighted by atomic mass is 10.1. The zero-order chi connectivity index (χ0) is 12.6. The molecule has 0 spiro atoms. The van der Waals surface area contributed by atoms with E-state index in [-0.39, 0.29) is 0 Å². The Morgan fingerprint density at radius 2 is 1.81 bits per heavy atom. The Morgan fingerprint density at radius 1 is 1.25 bits per heavy atom. The van der Waals surface area contributed by atoms with Gasteiger partial charge in [0.2, 0.25) is 5.91 Å². The fourth-order valence-electron chi connectivity index (χ4n) is 1.89. The summed E-state index contributed by atoms with van der Waals surface area (Å²) in [6, 6.07) is 0.414. The zero-order valence-corrected chi connectivity index (χ0v) is 12.7. The smallest absolute Gasteiger partial charge is 0.222 e. The van der Waals surface area contributed by atoms with Crippen LogP contribution in [0.4, 0.5) is 0 Å². The largest absolute Gasteiger partial charge is 0.339 e. The van der Waals surface area contributed by atoms with Gasteiger partial charge in [-0.15, -0.1) is 0 Å². The molecule has 0 radical (unpaired) electrons. The van der Waals surface area contributed by atoms with Crippen molar-refractivity contribution in [2.24, 2.45) is 5.92 Å². The van der Waals surface area contributed by atoms with E-state index in [0.29, 0.717) is 24.3 Å². The quantitative estimate of drug-likeness (QED) is 0.623. The van der Waals surface area contributed by atoms with E-state index in [1.165, 1.54) is 0 Å². The molecular formula is C13H26BrNO. The lowest BCUT2D eigenvalue weighted by Crippen LogP contribution is -2.41. The molecule has 0 fully saturated rings. The Labute approximate surface area is 109 Å². The summed E-state index contributed by atoms with van der Waals surface area (Å²) in [6.07, 6.45) is 3.80. The van der Waals surface area contributed by atoms with Gasteiger partial charge in [0, 0.05) is 24.3 Å². The normalized spacial score (nSPS) is 11.2. The molecule has 0 aromatic carbocycles. The first-order chi connectivity index (χ1) is 7.56. The topological polar surface area (TPSA) is 20.3 Å². The number of hydrogen-bond donors (Lipinski definition) is 0. The predicted molar refractivity (Wildman–Crippen MR) is 73.9 cm³/mol. The van der Waals surface area contributed by atoms with Gasteiger partial charge in [-0.05, 0) is 25.2 Å². The lowest BCUT2D eigenvalue weighted by molar-refractivity contribution is -0.133. The summed E-state index contributed by atoms with van der Waals surface area (Å²) in [5.41, 5.74) is 0. The molecular weight excluding hydrogens is 266 g/mol. The first-order valence-electron chi connectivity index (χ1n) is 6.42. The van der Waals surface area contributed by atoms with Gasteiger partial charge >= 0.3 is 0 Å². The summed E-state index contributed by atoms with van der Waals surface area (Å²) >= 11 is 3.43. The predicted octanol–water partition coefficient (Wildman–Crippen LogP) is 3.83. The molecule has 2 nitrogen and oxygen atoms in total. The molecule has 0 rings (SSSR count). The van der Waals surface area contributed by atoms with Crippen molar-refractivity contribution in [1.29, 1.82) is 0 Å². The van der Waals surface area contributed by atoms with Gasteiger partial charge < -0.3 is 4.90 Å². The van der Waals surface area contributed by atoms with Crippen molar-refractivity contribution < 1.29 is 4.79 Å². The highest BCUT2D eigenvalue weighted by atomic mass is 79.9. The Hall–Kier alpha value is -0.0500. The molecule has 0 N–H and O–H groups in total. The van der Waals surface area contributed by atoms with Gasteiger partial charge in [-0.25, -0.2) is 0 Å². The van der Waals surface area contributed by atoms with E-state index < -0.39 is 0 Å². The summed E-state index contributed by atoms with van der Waals surface area (Å²) in [7, 11) is 0. The number of carbonyl (C=O) groups excluding carboxylic acids is 1. The van der Waals surface area contributed by atoms with Crippen LogP contribution in [-0.4, -0.2) is 28.7 Å². The molecule has 0 atom stereocenters. The molecule has 0 aliphatic carbocycles. The highest BCUT2D eigenvalue weighted by Gasteiger charge is 2.19. The van der Waals surface area contributed by atoms with Crippen molar-refractivity contribution in [3.8, 4) is 0 Å². The van der Waals surface area contributed by atoms with Crippen molar-refractivity contribution in [1.82, 2.24) is 4.90 Å². The number of halogens is 1. The summed E-state index contributed by atoms with van der Waals surface area (Å²) in [5, 5.41) is 0.872. The van der Waals surface area contributed by atoms with Gasteiger partial charge in [0.1, 0.15) is 0 Å². The van der Waals surface area contributed by atoms with Crippen molar-refractivity contribution >= 4 is 21.8 Å². The van der Waals surface area contributed by atoms with Gasteiger partial charge in [-0.1, -0.05) is 43.6 Å². The van der Waals surface area contributed by atoms with Crippen LogP contribution in [-0.2, 0) is 4.79 Å². The Balaban J connectivity index is 4.32. The van der Waals surface area contributed by atoms with E-state index in [2.05, 4.69) is 48.5 Å². The minimum Gasteiger partial charge on any atom is -0.339 e. The minimum absolute atomic E-state index is 0.321. The molecule has 0 bridgehead atoms. The maximum atomic E-state index is 12.1. The average molecular weight is 292 g/mol. The second kappa shape index (κ2) is 9.03. The summed E-state index contributed by atoms with van der Waals surface area (Å²) in [4.78, 5) is 14.2. The molecule has 1 amide bonds. The van der Waals surface area contributed by atoms with Crippen LogP contribution in [0, 0.1) is 5.92 Å². The van der Waals surface area contributed by atoms with Gasteiger partial charge in [0.15, 0.2) is 0 Å². The number of rotatable bonds is 8. The lowest BCUT2D eigenvalue weighted by Gasteiger charge is -2.30. The van der Waals surface area contributed by atoms with Crippen molar-refractivity contribution in [2.75, 3.05) is 11.9 Å². The second-order valence-electron chi connectivity index (χ2n) is 4.68. The number of hydrogen-bond acceptors (Lipinski definition) is 1. The van der Waals surface area contributed by atoms with Crippen LogP contribution in [0.25, 0.3) is 0 Å². The minimum atomic E-state index is 0.321. The molecule has 0 heterocycles. The third kappa shape index (κ3) is 5.88. The average Bonchev–Trinajstić information content (AvgIpc) is 2.26. The monoisotopic (exact) mass is 291 g/mol. The Bertz CT molecular complexity index is 190. The van der Waals surface area contributed by atoms with E-state index >= 15 is 0 Å². The molecule has 0 aliphatic heterocycles. The van der Waals surface area contributed by atoms with E-state index in [9.17, 15) is 4.79 Å². The maximum absolute atomic E-state index is 12.1. The van der Waals surface area contributed by atoms with E-state index in [0.717, 1.165) is 31.1 Å². The van der Waals surface area contributed by atoms with Crippen LogP contribution in [0.15, 0.2) is 0 Å². The van der Waals surface area contributed by atoms with Gasteiger partial charge in [0.05, 0.1) is 0 Å². The van der Waals surface area contributed by atoms with Crippen molar-refractivity contribution in [2.45, 2.75) is 59.4 Å². The van der Waals surface area contributed by atoms with Gasteiger partial charge in [0.25, 0.3) is 0 Å². The third-order valence-electron chi connectivity index (χ3n) is 2.96. The van der Waals surface area contributed by atoms with Crippen LogP contribution in [0.5, 0.6) is 0 Å². The standard InChI is InChI=1S/C13H26BrNO/c1-5-12(6-2)15(10-9-14)13(16)8-7-11(3)4/h11-12H,5-10H2,1-4H3. The summed E-state index contributed by atoms with van der Waals surface area (Å²) < 4.78 is 0. The highest BCUT2D eigenvalue weighted by Crippen LogP contribution is 2.13. The van der Waals surface area contributed by atoms with E-state index in [1.54, 1.807) is 0 Å². The van der Waals surface area contributed by atoms with Crippen LogP contribution in [0.3, 0.4) is 0 Å². The van der Waals surface area contributed by atoms with Crippen LogP contribution < -0.4 is 0 Å². The summed E-state index contributed by atoms with van der Waals surface area (Å²) in [5.74, 6) is 0.929. The molecule has 0 aromatic rings. The molecule has 3 heteroatoms. The first-order valence-corrected chi connectivity index (χ1v) is 7.54. The number of alkyl halides is 1. The molecule has 0 aliphatic rings. The van der Waals surface area contributed by atoms with Crippen molar-refractivity contribution in [3.63, 3.8) is 0 Å². The molecule has 96 valence electrons. The fourth-order valence-corrected chi connectivity index (χ4v) is 2.27. The highest BCUT2D eigenvalue weighted by molar-refractivity contribution is 9.09. The van der Waals surface area contributed by atoms with E-state index in [1.807, 2.05) is 0 Å². The molecule has 0 saturated heterocycles. The van der Waals surface area contributed by atoms with Crippen LogP contribution in [0.2, 0.25) is 0 Å². The van der Waals surface area contributed by atoms with Gasteiger partial charge in [-0.3, -0.25) is 4.79 Å². The van der Waals surface area contributed by atoms with Gasteiger partial charge in [-0.2, -0.15) is 0 Å². The Morgan fingerprint density at radius 3 is 2.19 bits per heavy atom. The number of amides is 1. The number of nitrogens with zero attached hydrogens (tertiary/aromatic N) is 1. The van der Waals surface area contributed by atoms with Crippen molar-refractivity contribution in [3.05, 3.63) is 0 Å². The molecule has 16 heavy (non-hydrogen) atoms. The second-order valence-corrected chi connectivity index (χ2v) is 5.47. The van der Waals surface area contributed by atoms with Crippen LogP contribution in [0.1, 0.15) is 53.4 Å². The Kier molecular flexibility index (Phi) is 9.00. The molecule has 0 aromatic heterocycles. The van der Waals surface area contributed by atoms with Crippen LogP contribution >= 0.6 is 15.9 Å². The maximum Gasteiger partial charge on any atom is 0.222 e.